The SMILES string of the molecule is O=C(Nc1ccc(F)c(-n2cccc2)c1)c1n[nH]c(=O)c2ccccc12. The molecule has 6 nitrogen and oxygen atoms in total. The molecule has 0 atom stereocenters. The van der Waals surface area contributed by atoms with Crippen LogP contribution in [0, 0.1) is 5.82 Å². The van der Waals surface area contributed by atoms with E-state index in [2.05, 4.69) is 15.5 Å². The lowest BCUT2D eigenvalue weighted by Crippen LogP contribution is -2.19. The molecule has 0 saturated carbocycles. The predicted octanol–water partition coefficient (Wildman–Crippen LogP) is 3.11. The van der Waals surface area contributed by atoms with Gasteiger partial charge in [-0.1, -0.05) is 18.2 Å². The third kappa shape index (κ3) is 2.75. The Kier molecular flexibility index (Phi) is 3.81. The summed E-state index contributed by atoms with van der Waals surface area (Å²) in [5, 5.41) is 9.70. The van der Waals surface area contributed by atoms with Crippen molar-refractivity contribution in [2.24, 2.45) is 0 Å². The van der Waals surface area contributed by atoms with Crippen LogP contribution in [-0.2, 0) is 0 Å². The minimum absolute atomic E-state index is 0.0899. The van der Waals surface area contributed by atoms with E-state index in [1.165, 1.54) is 18.2 Å². The van der Waals surface area contributed by atoms with Gasteiger partial charge in [-0.15, -0.1) is 0 Å². The number of benzene rings is 2. The van der Waals surface area contributed by atoms with Gasteiger partial charge in [-0.25, -0.2) is 9.49 Å². The van der Waals surface area contributed by atoms with Gasteiger partial charge in [-0.05, 0) is 36.4 Å². The Bertz CT molecular complexity index is 1170. The van der Waals surface area contributed by atoms with Crippen LogP contribution in [0.4, 0.5) is 10.1 Å². The average Bonchev–Trinajstić information content (AvgIpc) is 3.18. The van der Waals surface area contributed by atoms with Gasteiger partial charge in [0.1, 0.15) is 5.82 Å². The molecule has 2 N–H and O–H groups in total. The average molecular weight is 348 g/mol. The third-order valence-corrected chi connectivity index (χ3v) is 4.00. The summed E-state index contributed by atoms with van der Waals surface area (Å²) in [5.74, 6) is -0.908. The number of anilines is 1. The van der Waals surface area contributed by atoms with Gasteiger partial charge in [0.05, 0.1) is 11.1 Å². The van der Waals surface area contributed by atoms with Gasteiger partial charge in [0.25, 0.3) is 11.5 Å². The molecule has 2 aromatic heterocycles. The molecule has 128 valence electrons. The third-order valence-electron chi connectivity index (χ3n) is 4.00. The Morgan fingerprint density at radius 1 is 1.04 bits per heavy atom. The highest BCUT2D eigenvalue weighted by molar-refractivity contribution is 6.11. The second-order valence-corrected chi connectivity index (χ2v) is 5.66. The predicted molar refractivity (Wildman–Crippen MR) is 96.0 cm³/mol. The molecule has 2 aromatic carbocycles. The van der Waals surface area contributed by atoms with Crippen LogP contribution in [0.5, 0.6) is 0 Å². The molecule has 0 fully saturated rings. The standard InChI is InChI=1S/C19H13FN4O2/c20-15-8-7-12(11-16(15)24-9-3-4-10-24)21-19(26)17-13-5-1-2-6-14(13)18(25)23-22-17/h1-11H,(H,21,26)(H,23,25). The van der Waals surface area contributed by atoms with Gasteiger partial charge in [0, 0.05) is 23.5 Å². The first-order valence-electron chi connectivity index (χ1n) is 7.85. The van der Waals surface area contributed by atoms with E-state index in [4.69, 9.17) is 0 Å². The van der Waals surface area contributed by atoms with Gasteiger partial charge in [0.15, 0.2) is 5.69 Å². The van der Waals surface area contributed by atoms with E-state index in [0.717, 1.165) is 0 Å². The van der Waals surface area contributed by atoms with E-state index in [0.29, 0.717) is 22.1 Å². The van der Waals surface area contributed by atoms with Crippen molar-refractivity contribution >= 4 is 22.4 Å². The van der Waals surface area contributed by atoms with Crippen LogP contribution in [-0.4, -0.2) is 20.7 Å². The van der Waals surface area contributed by atoms with E-state index in [1.807, 2.05) is 0 Å². The van der Waals surface area contributed by atoms with Crippen LogP contribution in [0.15, 0.2) is 71.8 Å². The van der Waals surface area contributed by atoms with Gasteiger partial charge >= 0.3 is 0 Å². The molecule has 0 radical (unpaired) electrons. The summed E-state index contributed by atoms with van der Waals surface area (Å²) in [7, 11) is 0. The Labute approximate surface area is 146 Å². The fraction of sp³-hybridized carbons (Fsp3) is 0. The molecule has 0 aliphatic heterocycles. The van der Waals surface area contributed by atoms with Crippen LogP contribution in [0.3, 0.4) is 0 Å². The van der Waals surface area contributed by atoms with Crippen molar-refractivity contribution in [3.63, 3.8) is 0 Å². The van der Waals surface area contributed by atoms with Gasteiger partial charge in [-0.2, -0.15) is 5.10 Å². The molecule has 4 rings (SSSR count). The maximum atomic E-state index is 14.1. The second kappa shape index (κ2) is 6.29. The van der Waals surface area contributed by atoms with E-state index in [-0.39, 0.29) is 11.3 Å². The van der Waals surface area contributed by atoms with Gasteiger partial charge in [0.2, 0.25) is 0 Å². The van der Waals surface area contributed by atoms with Gasteiger partial charge in [-0.3, -0.25) is 9.59 Å². The zero-order valence-electron chi connectivity index (χ0n) is 13.4. The second-order valence-electron chi connectivity index (χ2n) is 5.66. The molecule has 7 heteroatoms. The van der Waals surface area contributed by atoms with E-state index >= 15 is 0 Å². The summed E-state index contributed by atoms with van der Waals surface area (Å²) in [6, 6.07) is 14.5. The largest absolute Gasteiger partial charge is 0.321 e. The lowest BCUT2D eigenvalue weighted by molar-refractivity contribution is 0.102. The summed E-state index contributed by atoms with van der Waals surface area (Å²) in [5.41, 5.74) is 0.449. The number of nitrogens with one attached hydrogen (secondary N) is 2. The molecule has 0 aliphatic carbocycles. The molecule has 26 heavy (non-hydrogen) atoms. The number of H-pyrrole nitrogens is 1. The number of hydrogen-bond donors (Lipinski definition) is 2. The van der Waals surface area contributed by atoms with E-state index < -0.39 is 11.7 Å². The van der Waals surface area contributed by atoms with Crippen molar-refractivity contribution in [1.29, 1.82) is 0 Å². The summed E-state index contributed by atoms with van der Waals surface area (Å²) >= 11 is 0. The first-order chi connectivity index (χ1) is 12.6. The highest BCUT2D eigenvalue weighted by Gasteiger charge is 2.15. The number of hydrogen-bond acceptors (Lipinski definition) is 3. The number of carbonyl (C=O) groups excluding carboxylic acids is 1. The molecule has 0 unspecified atom stereocenters. The summed E-state index contributed by atoms with van der Waals surface area (Å²) in [6.45, 7) is 0. The Balaban J connectivity index is 1.71. The molecule has 0 bridgehead atoms. The fourth-order valence-corrected chi connectivity index (χ4v) is 2.76. The number of amides is 1. The van der Waals surface area contributed by atoms with Crippen molar-refractivity contribution < 1.29 is 9.18 Å². The molecule has 2 heterocycles. The quantitative estimate of drug-likeness (QED) is 0.597. The molecule has 0 spiro atoms. The number of halogens is 1. The molecular weight excluding hydrogens is 335 g/mol. The van der Waals surface area contributed by atoms with Gasteiger partial charge < -0.3 is 9.88 Å². The lowest BCUT2D eigenvalue weighted by Gasteiger charge is -2.10. The first kappa shape index (κ1) is 15.8. The maximum absolute atomic E-state index is 14.1. The number of rotatable bonds is 3. The zero-order chi connectivity index (χ0) is 18.1. The first-order valence-corrected chi connectivity index (χ1v) is 7.85. The maximum Gasteiger partial charge on any atom is 0.276 e. The fourth-order valence-electron chi connectivity index (χ4n) is 2.76. The molecular formula is C19H13FN4O2. The Morgan fingerprint density at radius 3 is 2.54 bits per heavy atom. The normalized spacial score (nSPS) is 10.8. The summed E-state index contributed by atoms with van der Waals surface area (Å²) in [4.78, 5) is 24.5. The number of carbonyl (C=O) groups is 1. The number of aromatic nitrogens is 3. The Hall–Kier alpha value is -3.74. The van der Waals surface area contributed by atoms with Crippen LogP contribution in [0.2, 0.25) is 0 Å². The molecule has 0 saturated heterocycles. The molecule has 0 aliphatic rings. The minimum atomic E-state index is -0.498. The Morgan fingerprint density at radius 2 is 1.77 bits per heavy atom. The summed E-state index contributed by atoms with van der Waals surface area (Å²) in [6.07, 6.45) is 3.42. The van der Waals surface area contributed by atoms with Crippen molar-refractivity contribution in [3.8, 4) is 5.69 Å². The van der Waals surface area contributed by atoms with Crippen LogP contribution >= 0.6 is 0 Å². The smallest absolute Gasteiger partial charge is 0.276 e. The van der Waals surface area contributed by atoms with E-state index in [1.54, 1.807) is 53.4 Å². The van der Waals surface area contributed by atoms with Crippen molar-refractivity contribution in [1.82, 2.24) is 14.8 Å². The minimum Gasteiger partial charge on any atom is -0.321 e. The van der Waals surface area contributed by atoms with Crippen molar-refractivity contribution in [2.45, 2.75) is 0 Å². The van der Waals surface area contributed by atoms with E-state index in [9.17, 15) is 14.0 Å². The van der Waals surface area contributed by atoms with Crippen LogP contribution in [0.25, 0.3) is 16.5 Å². The van der Waals surface area contributed by atoms with Crippen LogP contribution in [0.1, 0.15) is 10.5 Å². The van der Waals surface area contributed by atoms with Crippen molar-refractivity contribution in [2.75, 3.05) is 5.32 Å². The number of fused-ring (bicyclic) bond motifs is 1. The van der Waals surface area contributed by atoms with Crippen LogP contribution < -0.4 is 10.9 Å². The summed E-state index contributed by atoms with van der Waals surface area (Å²) < 4.78 is 15.7. The number of nitrogens with zero attached hydrogens (tertiary/aromatic N) is 2. The highest BCUT2D eigenvalue weighted by Crippen LogP contribution is 2.20. The zero-order valence-corrected chi connectivity index (χ0v) is 13.4. The molecule has 4 aromatic rings. The lowest BCUT2D eigenvalue weighted by atomic mass is 10.1. The van der Waals surface area contributed by atoms with Crippen molar-refractivity contribution in [3.05, 3.63) is 88.9 Å². The topological polar surface area (TPSA) is 79.8 Å². The number of aromatic amines is 1. The highest BCUT2D eigenvalue weighted by atomic mass is 19.1. The monoisotopic (exact) mass is 348 g/mol. The molecule has 1 amide bonds.